The summed E-state index contributed by atoms with van der Waals surface area (Å²) in [6, 6.07) is 9.02. The Kier molecular flexibility index (Phi) is 73.4. The molecule has 30 nitrogen and oxygen atoms in total. The first-order valence-electron chi connectivity index (χ1n) is 56.0. The van der Waals surface area contributed by atoms with E-state index in [4.69, 9.17) is 25.2 Å². The van der Waals surface area contributed by atoms with E-state index < -0.39 is 0 Å². The van der Waals surface area contributed by atoms with Crippen molar-refractivity contribution in [3.63, 3.8) is 0 Å². The lowest BCUT2D eigenvalue weighted by Crippen LogP contribution is -2.48. The number of aromatic nitrogens is 10. The van der Waals surface area contributed by atoms with Gasteiger partial charge in [0, 0.05) is 164 Å². The largest absolute Gasteiger partial charge is 0.478 e. The number of amides is 4. The number of ether oxygens (including phenoxy) is 3. The maximum Gasteiger partial charge on any atom is 0.248 e. The van der Waals surface area contributed by atoms with Gasteiger partial charge in [0.25, 0.3) is 0 Å². The molecule has 0 aromatic carbocycles. The van der Waals surface area contributed by atoms with Crippen molar-refractivity contribution < 1.29 is 33.4 Å². The van der Waals surface area contributed by atoms with Crippen LogP contribution >= 0.6 is 0 Å². The molecule has 4 aromatic rings. The zero-order chi connectivity index (χ0) is 111. The van der Waals surface area contributed by atoms with E-state index in [-0.39, 0.29) is 34.8 Å². The highest BCUT2D eigenvalue weighted by atomic mass is 16.5. The highest BCUT2D eigenvalue weighted by Crippen LogP contribution is 2.29. The predicted octanol–water partition coefficient (Wildman–Crippen LogP) is 23.7. The van der Waals surface area contributed by atoms with E-state index in [9.17, 15) is 19.2 Å². The molecule has 4 amide bonds. The van der Waals surface area contributed by atoms with Crippen LogP contribution in [-0.4, -0.2) is 301 Å². The quantitative estimate of drug-likeness (QED) is 0.0590. The maximum absolute atomic E-state index is 11.5. The normalized spacial score (nSPS) is 19.4. The van der Waals surface area contributed by atoms with E-state index in [1.54, 1.807) is 37.4 Å². The van der Waals surface area contributed by atoms with Gasteiger partial charge in [-0.05, 0) is 232 Å². The highest BCUT2D eigenvalue weighted by molar-refractivity contribution is 5.79. The average Bonchev–Trinajstić information content (AvgIpc) is 1.71. The number of carbonyl (C=O) groups is 4. The molecule has 13 rings (SSSR count). The molecule has 30 heteroatoms. The molecule has 9 fully saturated rings. The maximum atomic E-state index is 11.5. The fourth-order valence-electron chi connectivity index (χ4n) is 16.6. The minimum absolute atomic E-state index is 0. The van der Waals surface area contributed by atoms with Crippen molar-refractivity contribution in [1.29, 1.82) is 5.26 Å². The summed E-state index contributed by atoms with van der Waals surface area (Å²) in [7, 11) is 2.11. The van der Waals surface area contributed by atoms with Crippen molar-refractivity contribution in [3.05, 3.63) is 92.7 Å². The first-order chi connectivity index (χ1) is 67.8. The first kappa shape index (κ1) is 144. The number of likely N-dealkylation sites (N-methyl/N-ethyl adjacent to an activating group) is 1. The summed E-state index contributed by atoms with van der Waals surface area (Å²) in [5.74, 6) is 12.5. The molecule has 0 radical (unpaired) electrons. The molecule has 14 atom stereocenters. The van der Waals surface area contributed by atoms with E-state index >= 15 is 0 Å². The fourth-order valence-corrected chi connectivity index (χ4v) is 16.6. The van der Waals surface area contributed by atoms with Gasteiger partial charge >= 0.3 is 0 Å². The lowest BCUT2D eigenvalue weighted by atomic mass is 10.0. The topological polar surface area (TPSA) is 287 Å². The molecule has 0 bridgehead atoms. The van der Waals surface area contributed by atoms with Crippen molar-refractivity contribution >= 4 is 29.3 Å². The van der Waals surface area contributed by atoms with Gasteiger partial charge in [0.05, 0.1) is 92.0 Å². The van der Waals surface area contributed by atoms with Gasteiger partial charge in [0.15, 0.2) is 5.88 Å². The van der Waals surface area contributed by atoms with Gasteiger partial charge in [-0.1, -0.05) is 221 Å². The standard InChI is InChI=1S/C10H20N2.2C10H19NO.C9H13N3.C9H18N2.C9H17NO2.C9H17NO.C9H19NO.C9H17NO.C9H19N.C8H15N3.2C7H13N3.3CH4/c1-8(2)9(3)12-7-6-11(5)10(12)4;1-7(2)9(4)11-8(3)5-6-10(11)12;1-8(2)9(3)11-7-5-4-6-10(11)12;1-7(2)8(3)12-6-9(4-10)5-11-12;1-7(2)8(3)11-6-5-10-9(11)4;1-7(2)8(3)10-4-5-12-6-9(10)11;1-7(2)8(3)10-5-6-11-9(10)4;1-8(2)9(3)10-4-6-11-7-5-10;1-7(2)8(3)10-6-4-5-9(10)11;1-8(2)9(3)10-6-4-5-7-10;1-6(2)7(3)11-5-8(9)4-10-11;1-6(2)7(3)10-5-8-4-9-10;1-6(2)7(3)10-5-4-8-9-10;;;/h8-9H,4,6-7H2,1-3,5H3;7-9H,5-6H2,1-4H3;8-9H,4-7H2,1-3H3;5-8H,1-3H3;7-8,10H,4-6H2,1-3H3;7-8H,4-6H2,1-3H3;7-8H,4-6H2,1-3H3;8-9H,4-7H2,1-3H3;7-8H,4-6H2,1-3H3;8-9H,4-7H2,1-3H3;4-7H,9H2,1-3H3;2*4-7H,1-3H3;3*1H4/t9-;8?,9-;9-;;3*8-;9-;8-;9-;;;;;;/m111.111111....../s1. The van der Waals surface area contributed by atoms with Gasteiger partial charge in [-0.25, -0.2) is 14.3 Å². The summed E-state index contributed by atoms with van der Waals surface area (Å²) < 4.78 is 23.1. The van der Waals surface area contributed by atoms with Crippen molar-refractivity contribution in [2.75, 3.05) is 124 Å². The number of nitrogens with two attached hydrogens (primary N) is 1. The number of nitrogens with one attached hydrogen (secondary N) is 1. The number of piperidine rings is 1. The second-order valence-electron chi connectivity index (χ2n) is 46.1. The number of hydrogen-bond donors (Lipinski definition) is 2. The second kappa shape index (κ2) is 75.5. The monoisotopic (exact) mass is 2080 g/mol. The van der Waals surface area contributed by atoms with E-state index in [1.165, 1.54) is 38.2 Å². The number of carbonyl (C=O) groups excluding carboxylic acids is 4. The number of rotatable bonds is 26. The number of nitrogen functional groups attached to an aromatic ring is 1. The van der Waals surface area contributed by atoms with Crippen LogP contribution < -0.4 is 11.1 Å². The number of anilines is 1. The van der Waals surface area contributed by atoms with Crippen LogP contribution in [0.4, 0.5) is 5.69 Å². The molecule has 0 saturated carbocycles. The molecular formula is C118H231N23O7. The summed E-state index contributed by atoms with van der Waals surface area (Å²) in [5.41, 5.74) is 6.89. The van der Waals surface area contributed by atoms with Gasteiger partial charge in [-0.3, -0.25) is 33.4 Å². The molecule has 148 heavy (non-hydrogen) atoms. The van der Waals surface area contributed by atoms with Crippen LogP contribution in [-0.2, 0) is 33.4 Å². The molecular weight excluding hydrogens is 1850 g/mol. The van der Waals surface area contributed by atoms with Crippen molar-refractivity contribution in [1.82, 2.24) is 104 Å². The van der Waals surface area contributed by atoms with Gasteiger partial charge in [0.1, 0.15) is 31.9 Å². The number of likely N-dealkylation sites (tertiary alicyclic amines) is 4. The molecule has 3 N–H and O–H groups in total. The minimum atomic E-state index is 0. The third kappa shape index (κ3) is 51.9. The minimum Gasteiger partial charge on any atom is -0.478 e. The summed E-state index contributed by atoms with van der Waals surface area (Å²) in [6.45, 7) is 116. The molecule has 0 aliphatic carbocycles. The number of morpholine rings is 2. The Balaban J connectivity index is -0.00000154. The molecule has 4 aromatic heterocycles. The molecule has 0 spiro atoms. The van der Waals surface area contributed by atoms with E-state index in [1.807, 2.05) is 50.7 Å². The summed E-state index contributed by atoms with van der Waals surface area (Å²) in [4.78, 5) is 71.7. The van der Waals surface area contributed by atoms with Crippen LogP contribution in [0.15, 0.2) is 87.1 Å². The Morgan fingerprint density at radius 2 is 0.791 bits per heavy atom. The van der Waals surface area contributed by atoms with Crippen LogP contribution in [0.1, 0.15) is 387 Å². The Morgan fingerprint density at radius 1 is 0.392 bits per heavy atom. The summed E-state index contributed by atoms with van der Waals surface area (Å²) in [5, 5.41) is 31.7. The van der Waals surface area contributed by atoms with Crippen molar-refractivity contribution in [2.24, 2.45) is 76.9 Å². The smallest absolute Gasteiger partial charge is 0.248 e. The molecule has 13 heterocycles. The van der Waals surface area contributed by atoms with Gasteiger partial charge in [-0.2, -0.15) is 20.6 Å². The molecule has 9 aliphatic rings. The van der Waals surface area contributed by atoms with Gasteiger partial charge in [0.2, 0.25) is 23.6 Å². The fraction of sp³-hybridized carbons (Fsp3) is 0.822. The lowest BCUT2D eigenvalue weighted by Gasteiger charge is -2.34. The first-order valence-corrected chi connectivity index (χ1v) is 56.0. The van der Waals surface area contributed by atoms with Crippen LogP contribution in [0.3, 0.4) is 0 Å². The van der Waals surface area contributed by atoms with E-state index in [0.717, 1.165) is 159 Å². The molecule has 9 saturated heterocycles. The van der Waals surface area contributed by atoms with Crippen LogP contribution in [0.25, 0.3) is 0 Å². The molecule has 5 unspecified atom stereocenters. The zero-order valence-corrected chi connectivity index (χ0v) is 100. The third-order valence-electron chi connectivity index (χ3n) is 31.6. The van der Waals surface area contributed by atoms with Crippen LogP contribution in [0, 0.1) is 88.3 Å². The Hall–Kier alpha value is -8.27. The number of nitriles is 1. The van der Waals surface area contributed by atoms with Crippen LogP contribution in [0.2, 0.25) is 0 Å². The Morgan fingerprint density at radius 3 is 1.14 bits per heavy atom. The lowest BCUT2D eigenvalue weighted by molar-refractivity contribution is -0.146. The average molecular weight is 2080 g/mol. The second-order valence-corrected chi connectivity index (χ2v) is 46.1. The predicted molar refractivity (Wildman–Crippen MR) is 623 cm³/mol. The number of hydrogen-bond acceptors (Lipinski definition) is 22. The van der Waals surface area contributed by atoms with Gasteiger partial charge in [-0.15, -0.1) is 5.10 Å². The number of nitrogens with zero attached hydrogens (tertiary/aromatic N) is 21. The Labute approximate surface area is 908 Å². The summed E-state index contributed by atoms with van der Waals surface area (Å²) >= 11 is 0. The highest BCUT2D eigenvalue weighted by Gasteiger charge is 2.35. The molecule has 860 valence electrons. The van der Waals surface area contributed by atoms with Crippen LogP contribution in [0.5, 0.6) is 0 Å². The zero-order valence-electron chi connectivity index (χ0n) is 100. The summed E-state index contributed by atoms with van der Waals surface area (Å²) in [6.07, 6.45) is 23.3. The molecule has 9 aliphatic heterocycles. The third-order valence-corrected chi connectivity index (χ3v) is 31.6. The van der Waals surface area contributed by atoms with E-state index in [0.29, 0.717) is 174 Å². The van der Waals surface area contributed by atoms with Crippen molar-refractivity contribution in [2.45, 2.75) is 442 Å². The Bertz CT molecular complexity index is 3940. The SMILES string of the molecule is C.C.C.C=C1N(C)CCN1[C@H](C)C(C)C.C=C1NCCN1[C@H](C)C(C)C.C=C1OCCN1[C@H](C)C(C)C.CC(C)C(C)n1cc(C#N)cn1.CC(C)C(C)n1cc(N)cn1.CC(C)C(C)n1ccnn1.CC(C)C(C)n1cncn1.CC(C)[C@@H](C)N1C(=O)CCC1C.CC(C)[C@@H](C)N1CCCC1.CC(C)[C@@H](C)N1CCCC1=O.CC(C)[C@@H](C)N1CCCCC1=O.CC(C)[C@@H](C)N1CCOCC1.CC(C)[C@@H](C)N1CCOCC1=O. The van der Waals surface area contributed by atoms with E-state index in [2.05, 4.69) is 375 Å². The van der Waals surface area contributed by atoms with Gasteiger partial charge < -0.3 is 69.4 Å². The van der Waals surface area contributed by atoms with Crippen molar-refractivity contribution in [3.8, 4) is 6.07 Å².